The number of likely N-dealkylation sites (tertiary alicyclic amines) is 1. The van der Waals surface area contributed by atoms with E-state index in [2.05, 4.69) is 10.6 Å². The van der Waals surface area contributed by atoms with Crippen LogP contribution in [-0.2, 0) is 14.4 Å². The lowest BCUT2D eigenvalue weighted by molar-refractivity contribution is -0.147. The Balaban J connectivity index is 2.32. The quantitative estimate of drug-likeness (QED) is 0.594. The molecule has 118 valence electrons. The number of hydrogen-bond donors (Lipinski definition) is 3. The van der Waals surface area contributed by atoms with E-state index >= 15 is 0 Å². The lowest BCUT2D eigenvalue weighted by Gasteiger charge is -2.28. The summed E-state index contributed by atoms with van der Waals surface area (Å²) in [7, 11) is 1.39. The van der Waals surface area contributed by atoms with Gasteiger partial charge < -0.3 is 15.7 Å². The van der Waals surface area contributed by atoms with E-state index in [0.29, 0.717) is 19.4 Å². The summed E-state index contributed by atoms with van der Waals surface area (Å²) in [6, 6.07) is -1.18. The number of nitrogens with zero attached hydrogens (tertiary/aromatic N) is 1. The molecule has 3 N–H and O–H groups in total. The molecule has 1 aliphatic heterocycles. The fraction of sp³-hybridized carbons (Fsp3) is 0.692. The van der Waals surface area contributed by atoms with Crippen molar-refractivity contribution in [3.8, 4) is 0 Å². The Morgan fingerprint density at radius 3 is 2.71 bits per heavy atom. The first-order valence-corrected chi connectivity index (χ1v) is 6.87. The first kappa shape index (κ1) is 16.9. The first-order chi connectivity index (χ1) is 9.81. The van der Waals surface area contributed by atoms with Gasteiger partial charge in [0.2, 0.25) is 5.91 Å². The molecule has 8 heteroatoms. The van der Waals surface area contributed by atoms with E-state index in [0.717, 1.165) is 4.90 Å². The van der Waals surface area contributed by atoms with E-state index in [-0.39, 0.29) is 24.7 Å². The molecule has 0 spiro atoms. The molecular weight excluding hydrogens is 278 g/mol. The number of carboxylic acids is 1. The van der Waals surface area contributed by atoms with Crippen LogP contribution in [0.4, 0.5) is 4.79 Å². The summed E-state index contributed by atoms with van der Waals surface area (Å²) in [6.45, 7) is 2.16. The summed E-state index contributed by atoms with van der Waals surface area (Å²) in [4.78, 5) is 46.2. The van der Waals surface area contributed by atoms with Gasteiger partial charge in [0, 0.05) is 26.4 Å². The summed E-state index contributed by atoms with van der Waals surface area (Å²) >= 11 is 0. The Kier molecular flexibility index (Phi) is 6.13. The zero-order valence-corrected chi connectivity index (χ0v) is 12.2. The fourth-order valence-electron chi connectivity index (χ4n) is 2.00. The van der Waals surface area contributed by atoms with Crippen LogP contribution in [0.5, 0.6) is 0 Å². The topological polar surface area (TPSA) is 116 Å². The van der Waals surface area contributed by atoms with E-state index in [1.165, 1.54) is 7.05 Å². The van der Waals surface area contributed by atoms with Gasteiger partial charge in [-0.2, -0.15) is 0 Å². The number of aliphatic carboxylic acids is 1. The second-order valence-electron chi connectivity index (χ2n) is 5.27. The smallest absolute Gasteiger partial charge is 0.315 e. The number of amides is 4. The van der Waals surface area contributed by atoms with E-state index in [1.807, 2.05) is 6.92 Å². The number of nitrogens with one attached hydrogen (secondary N) is 2. The standard InChI is InChI=1S/C13H21N3O5/c1-8(3-6-11(18)19)7-14-13(21)15-9-4-5-10(17)16(2)12(9)20/h8-9H,3-7H2,1-2H3,(H,18,19)(H2,14,15,21). The first-order valence-electron chi connectivity index (χ1n) is 6.87. The number of imide groups is 1. The number of carbonyl (C=O) groups excluding carboxylic acids is 3. The molecule has 0 aromatic heterocycles. The van der Waals surface area contributed by atoms with Crippen molar-refractivity contribution in [3.05, 3.63) is 0 Å². The van der Waals surface area contributed by atoms with Crippen molar-refractivity contribution in [2.24, 2.45) is 5.92 Å². The predicted octanol–water partition coefficient (Wildman–Crippen LogP) is -0.0661. The minimum atomic E-state index is -0.869. The Morgan fingerprint density at radius 2 is 2.10 bits per heavy atom. The Morgan fingerprint density at radius 1 is 1.43 bits per heavy atom. The molecule has 0 aliphatic carbocycles. The Hall–Kier alpha value is -2.12. The zero-order valence-electron chi connectivity index (χ0n) is 12.2. The van der Waals surface area contributed by atoms with Gasteiger partial charge in [0.05, 0.1) is 0 Å². The summed E-state index contributed by atoms with van der Waals surface area (Å²) in [5.41, 5.74) is 0. The van der Waals surface area contributed by atoms with Crippen LogP contribution >= 0.6 is 0 Å². The normalized spacial score (nSPS) is 20.1. The number of likely N-dealkylation sites (N-methyl/N-ethyl adjacent to an activating group) is 1. The monoisotopic (exact) mass is 299 g/mol. The third-order valence-corrected chi connectivity index (χ3v) is 3.42. The van der Waals surface area contributed by atoms with Crippen molar-refractivity contribution in [3.63, 3.8) is 0 Å². The van der Waals surface area contributed by atoms with Crippen LogP contribution < -0.4 is 10.6 Å². The Labute approximate surface area is 122 Å². The minimum absolute atomic E-state index is 0.0261. The van der Waals surface area contributed by atoms with Crippen LogP contribution in [0.2, 0.25) is 0 Å². The molecule has 2 unspecified atom stereocenters. The fourth-order valence-corrected chi connectivity index (χ4v) is 2.00. The van der Waals surface area contributed by atoms with Crippen molar-refractivity contribution in [2.45, 2.75) is 38.6 Å². The molecule has 0 bridgehead atoms. The van der Waals surface area contributed by atoms with Gasteiger partial charge in [-0.25, -0.2) is 4.79 Å². The van der Waals surface area contributed by atoms with Crippen molar-refractivity contribution in [1.82, 2.24) is 15.5 Å². The third-order valence-electron chi connectivity index (χ3n) is 3.42. The highest BCUT2D eigenvalue weighted by atomic mass is 16.4. The van der Waals surface area contributed by atoms with E-state index in [9.17, 15) is 19.2 Å². The highest BCUT2D eigenvalue weighted by molar-refractivity contribution is 6.01. The van der Waals surface area contributed by atoms with Gasteiger partial charge in [0.25, 0.3) is 5.91 Å². The van der Waals surface area contributed by atoms with Crippen LogP contribution in [0.3, 0.4) is 0 Å². The lowest BCUT2D eigenvalue weighted by Crippen LogP contribution is -2.55. The van der Waals surface area contributed by atoms with Crippen LogP contribution in [-0.4, -0.2) is 53.5 Å². The highest BCUT2D eigenvalue weighted by Gasteiger charge is 2.32. The van der Waals surface area contributed by atoms with Gasteiger partial charge in [-0.1, -0.05) is 6.92 Å². The number of urea groups is 1. The van der Waals surface area contributed by atoms with Gasteiger partial charge in [-0.3, -0.25) is 19.3 Å². The average Bonchev–Trinajstić information content (AvgIpc) is 2.43. The summed E-state index contributed by atoms with van der Waals surface area (Å²) < 4.78 is 0. The van der Waals surface area contributed by atoms with Crippen molar-refractivity contribution in [1.29, 1.82) is 0 Å². The van der Waals surface area contributed by atoms with E-state index in [1.54, 1.807) is 0 Å². The predicted molar refractivity (Wildman–Crippen MR) is 73.4 cm³/mol. The van der Waals surface area contributed by atoms with Crippen LogP contribution in [0.25, 0.3) is 0 Å². The molecule has 21 heavy (non-hydrogen) atoms. The number of carboxylic acid groups (broad SMARTS) is 1. The summed E-state index contributed by atoms with van der Waals surface area (Å²) in [5.74, 6) is -1.51. The number of hydrogen-bond acceptors (Lipinski definition) is 4. The molecule has 1 aliphatic rings. The molecule has 1 heterocycles. The maximum absolute atomic E-state index is 11.8. The second kappa shape index (κ2) is 7.61. The maximum Gasteiger partial charge on any atom is 0.315 e. The van der Waals surface area contributed by atoms with Gasteiger partial charge in [-0.05, 0) is 18.8 Å². The van der Waals surface area contributed by atoms with Crippen molar-refractivity contribution >= 4 is 23.8 Å². The molecule has 0 radical (unpaired) electrons. The lowest BCUT2D eigenvalue weighted by atomic mass is 10.0. The van der Waals surface area contributed by atoms with Gasteiger partial charge in [-0.15, -0.1) is 0 Å². The maximum atomic E-state index is 11.8. The molecule has 1 fully saturated rings. The van der Waals surface area contributed by atoms with Crippen LogP contribution in [0.1, 0.15) is 32.6 Å². The molecule has 2 atom stereocenters. The number of carbonyl (C=O) groups is 4. The molecule has 0 aromatic carbocycles. The van der Waals surface area contributed by atoms with Gasteiger partial charge >= 0.3 is 12.0 Å². The van der Waals surface area contributed by atoms with Gasteiger partial charge in [0.15, 0.2) is 0 Å². The molecule has 0 saturated carbocycles. The molecular formula is C13H21N3O5. The molecule has 4 amide bonds. The highest BCUT2D eigenvalue weighted by Crippen LogP contribution is 2.11. The van der Waals surface area contributed by atoms with Crippen LogP contribution in [0, 0.1) is 5.92 Å². The average molecular weight is 299 g/mol. The molecule has 0 aromatic rings. The largest absolute Gasteiger partial charge is 0.481 e. The van der Waals surface area contributed by atoms with E-state index in [4.69, 9.17) is 5.11 Å². The zero-order chi connectivity index (χ0) is 16.0. The molecule has 1 saturated heterocycles. The minimum Gasteiger partial charge on any atom is -0.481 e. The van der Waals surface area contributed by atoms with Crippen molar-refractivity contribution < 1.29 is 24.3 Å². The van der Waals surface area contributed by atoms with Crippen molar-refractivity contribution in [2.75, 3.05) is 13.6 Å². The summed E-state index contributed by atoms with van der Waals surface area (Å²) in [6.07, 6.45) is 1.04. The second-order valence-corrected chi connectivity index (χ2v) is 5.27. The summed E-state index contributed by atoms with van der Waals surface area (Å²) in [5, 5.41) is 13.7. The molecule has 8 nitrogen and oxygen atoms in total. The van der Waals surface area contributed by atoms with Crippen LogP contribution in [0.15, 0.2) is 0 Å². The molecule has 1 rings (SSSR count). The third kappa shape index (κ3) is 5.41. The SMILES string of the molecule is CC(CCC(=O)O)CNC(=O)NC1CCC(=O)N(C)C1=O. The Bertz CT molecular complexity index is 438. The van der Waals surface area contributed by atoms with E-state index < -0.39 is 23.9 Å². The number of piperidine rings is 1. The number of rotatable bonds is 6. The van der Waals surface area contributed by atoms with Gasteiger partial charge in [0.1, 0.15) is 6.04 Å².